The van der Waals surface area contributed by atoms with Crippen LogP contribution in [0.3, 0.4) is 0 Å². The number of para-hydroxylation sites is 1. The molecule has 30 heavy (non-hydrogen) atoms. The SMILES string of the molecule is COc1ccc(C)c2sc(N(Cc3ccco3)C(=O)c3nc4ccccc4s3)nc12. The second kappa shape index (κ2) is 7.55. The Morgan fingerprint density at radius 2 is 1.97 bits per heavy atom. The second-order valence-electron chi connectivity index (χ2n) is 6.72. The lowest BCUT2D eigenvalue weighted by molar-refractivity contribution is 0.0983. The summed E-state index contributed by atoms with van der Waals surface area (Å²) in [5.41, 5.74) is 2.64. The first-order valence-electron chi connectivity index (χ1n) is 9.28. The molecule has 0 aliphatic carbocycles. The quantitative estimate of drug-likeness (QED) is 0.356. The van der Waals surface area contributed by atoms with Gasteiger partial charge in [0, 0.05) is 0 Å². The summed E-state index contributed by atoms with van der Waals surface area (Å²) in [7, 11) is 1.62. The molecule has 8 heteroatoms. The predicted molar refractivity (Wildman–Crippen MR) is 120 cm³/mol. The molecule has 0 fully saturated rings. The van der Waals surface area contributed by atoms with E-state index in [0.29, 0.717) is 21.6 Å². The van der Waals surface area contributed by atoms with E-state index in [2.05, 4.69) is 4.98 Å². The molecule has 6 nitrogen and oxygen atoms in total. The summed E-state index contributed by atoms with van der Waals surface area (Å²) in [6.07, 6.45) is 1.60. The fourth-order valence-electron chi connectivity index (χ4n) is 3.24. The molecular weight excluding hydrogens is 418 g/mol. The van der Waals surface area contributed by atoms with Crippen molar-refractivity contribution < 1.29 is 13.9 Å². The largest absolute Gasteiger partial charge is 0.494 e. The van der Waals surface area contributed by atoms with Gasteiger partial charge in [0.2, 0.25) is 0 Å². The van der Waals surface area contributed by atoms with E-state index in [4.69, 9.17) is 14.1 Å². The van der Waals surface area contributed by atoms with E-state index in [0.717, 1.165) is 26.0 Å². The Kier molecular flexibility index (Phi) is 4.72. The number of thiazole rings is 2. The van der Waals surface area contributed by atoms with Crippen LogP contribution in [0, 0.1) is 6.92 Å². The average Bonchev–Trinajstić information content (AvgIpc) is 3.51. The number of furan rings is 1. The van der Waals surface area contributed by atoms with Gasteiger partial charge in [0.05, 0.1) is 34.8 Å². The Balaban J connectivity index is 1.62. The smallest absolute Gasteiger partial charge is 0.289 e. The summed E-state index contributed by atoms with van der Waals surface area (Å²) >= 11 is 2.84. The molecule has 0 aliphatic rings. The highest BCUT2D eigenvalue weighted by atomic mass is 32.1. The highest BCUT2D eigenvalue weighted by Gasteiger charge is 2.26. The van der Waals surface area contributed by atoms with E-state index >= 15 is 0 Å². The van der Waals surface area contributed by atoms with Crippen molar-refractivity contribution >= 4 is 54.1 Å². The van der Waals surface area contributed by atoms with Crippen molar-refractivity contribution in [2.75, 3.05) is 12.0 Å². The van der Waals surface area contributed by atoms with Gasteiger partial charge in [-0.15, -0.1) is 11.3 Å². The number of aryl methyl sites for hydroxylation is 1. The number of hydrogen-bond acceptors (Lipinski definition) is 7. The monoisotopic (exact) mass is 435 g/mol. The number of carbonyl (C=O) groups excluding carboxylic acids is 1. The first-order valence-corrected chi connectivity index (χ1v) is 10.9. The lowest BCUT2D eigenvalue weighted by Crippen LogP contribution is -2.30. The molecule has 0 unspecified atom stereocenters. The second-order valence-corrected chi connectivity index (χ2v) is 8.72. The summed E-state index contributed by atoms with van der Waals surface area (Å²) < 4.78 is 13.0. The van der Waals surface area contributed by atoms with Gasteiger partial charge in [0.15, 0.2) is 10.1 Å². The number of anilines is 1. The molecule has 3 heterocycles. The standard InChI is InChI=1S/C22H17N3O3S2/c1-13-9-10-16(27-2)18-19(13)30-22(24-18)25(12-14-6-5-11-28-14)21(26)20-23-15-7-3-4-8-17(15)29-20/h3-11H,12H2,1-2H3. The first-order chi connectivity index (χ1) is 14.6. The molecule has 5 rings (SSSR count). The zero-order valence-corrected chi connectivity index (χ0v) is 17.9. The number of ether oxygens (including phenoxy) is 1. The minimum Gasteiger partial charge on any atom is -0.494 e. The molecule has 1 amide bonds. The van der Waals surface area contributed by atoms with Crippen LogP contribution in [0.4, 0.5) is 5.13 Å². The zero-order chi connectivity index (χ0) is 20.7. The van der Waals surface area contributed by atoms with Gasteiger partial charge >= 0.3 is 0 Å². The summed E-state index contributed by atoms with van der Waals surface area (Å²) in [6, 6.07) is 15.3. The van der Waals surface area contributed by atoms with Crippen molar-refractivity contribution in [3.63, 3.8) is 0 Å². The number of methoxy groups -OCH3 is 1. The van der Waals surface area contributed by atoms with Crippen LogP contribution in [-0.2, 0) is 6.54 Å². The van der Waals surface area contributed by atoms with Crippen molar-refractivity contribution in [3.8, 4) is 5.75 Å². The zero-order valence-electron chi connectivity index (χ0n) is 16.3. The van der Waals surface area contributed by atoms with E-state index in [-0.39, 0.29) is 12.5 Å². The summed E-state index contributed by atoms with van der Waals surface area (Å²) in [5.74, 6) is 1.15. The lowest BCUT2D eigenvalue weighted by Gasteiger charge is -2.17. The van der Waals surface area contributed by atoms with Gasteiger partial charge in [0.25, 0.3) is 5.91 Å². The van der Waals surface area contributed by atoms with Gasteiger partial charge in [-0.2, -0.15) is 0 Å². The van der Waals surface area contributed by atoms with Crippen LogP contribution in [0.5, 0.6) is 5.75 Å². The van der Waals surface area contributed by atoms with E-state index in [1.54, 1.807) is 24.3 Å². The first kappa shape index (κ1) is 18.8. The number of nitrogens with zero attached hydrogens (tertiary/aromatic N) is 3. The molecule has 0 saturated carbocycles. The minimum atomic E-state index is -0.205. The fourth-order valence-corrected chi connectivity index (χ4v) is 5.21. The maximum absolute atomic E-state index is 13.5. The molecule has 0 bridgehead atoms. The third-order valence-corrected chi connectivity index (χ3v) is 7.00. The van der Waals surface area contributed by atoms with Crippen LogP contribution in [0.2, 0.25) is 0 Å². The number of rotatable bonds is 5. The number of fused-ring (bicyclic) bond motifs is 2. The van der Waals surface area contributed by atoms with Crippen LogP contribution in [-0.4, -0.2) is 23.0 Å². The molecule has 150 valence electrons. The third-order valence-electron chi connectivity index (χ3n) is 4.76. The molecule has 3 aromatic heterocycles. The number of amides is 1. The predicted octanol–water partition coefficient (Wildman–Crippen LogP) is 5.66. The molecule has 0 radical (unpaired) electrons. The normalized spacial score (nSPS) is 11.3. The van der Waals surface area contributed by atoms with Crippen LogP contribution in [0.15, 0.2) is 59.2 Å². The van der Waals surface area contributed by atoms with Crippen molar-refractivity contribution in [2.24, 2.45) is 0 Å². The topological polar surface area (TPSA) is 68.5 Å². The maximum atomic E-state index is 13.5. The van der Waals surface area contributed by atoms with Crippen LogP contribution in [0.1, 0.15) is 21.1 Å². The third kappa shape index (κ3) is 3.24. The van der Waals surface area contributed by atoms with Gasteiger partial charge in [-0.1, -0.05) is 29.5 Å². The Morgan fingerprint density at radius 3 is 2.73 bits per heavy atom. The summed E-state index contributed by atoms with van der Waals surface area (Å²) in [5, 5.41) is 1.00. The van der Waals surface area contributed by atoms with E-state index < -0.39 is 0 Å². The van der Waals surface area contributed by atoms with Gasteiger partial charge in [-0.3, -0.25) is 9.69 Å². The van der Waals surface area contributed by atoms with Crippen molar-refractivity contribution in [3.05, 3.63) is 71.1 Å². The number of carbonyl (C=O) groups is 1. The van der Waals surface area contributed by atoms with Crippen molar-refractivity contribution in [1.82, 2.24) is 9.97 Å². The molecule has 0 N–H and O–H groups in total. The molecule has 0 atom stereocenters. The number of benzene rings is 2. The van der Waals surface area contributed by atoms with Crippen LogP contribution in [0.25, 0.3) is 20.4 Å². The fraction of sp³-hybridized carbons (Fsp3) is 0.136. The molecular formula is C22H17N3O3S2. The Labute approximate surface area is 180 Å². The maximum Gasteiger partial charge on any atom is 0.289 e. The minimum absolute atomic E-state index is 0.205. The van der Waals surface area contributed by atoms with Crippen LogP contribution >= 0.6 is 22.7 Å². The van der Waals surface area contributed by atoms with Gasteiger partial charge in [-0.25, -0.2) is 9.97 Å². The van der Waals surface area contributed by atoms with E-state index in [1.165, 1.54) is 22.7 Å². The van der Waals surface area contributed by atoms with E-state index in [9.17, 15) is 4.79 Å². The molecule has 0 saturated heterocycles. The molecule has 0 aliphatic heterocycles. The van der Waals surface area contributed by atoms with Gasteiger partial charge in [-0.05, 0) is 42.8 Å². The average molecular weight is 436 g/mol. The van der Waals surface area contributed by atoms with Gasteiger partial charge in [0.1, 0.15) is 17.0 Å². The van der Waals surface area contributed by atoms with E-state index in [1.807, 2.05) is 49.4 Å². The summed E-state index contributed by atoms with van der Waals surface area (Å²) in [6.45, 7) is 2.29. The molecule has 2 aromatic carbocycles. The number of hydrogen-bond donors (Lipinski definition) is 0. The highest BCUT2D eigenvalue weighted by Crippen LogP contribution is 2.37. The Hall–Kier alpha value is -3.23. The van der Waals surface area contributed by atoms with Gasteiger partial charge < -0.3 is 9.15 Å². The van der Waals surface area contributed by atoms with Crippen molar-refractivity contribution in [1.29, 1.82) is 0 Å². The molecule has 5 aromatic rings. The lowest BCUT2D eigenvalue weighted by atomic mass is 10.2. The summed E-state index contributed by atoms with van der Waals surface area (Å²) in [4.78, 5) is 24.5. The Morgan fingerprint density at radius 1 is 1.10 bits per heavy atom. The Bertz CT molecular complexity index is 1320. The highest BCUT2D eigenvalue weighted by molar-refractivity contribution is 7.23. The van der Waals surface area contributed by atoms with Crippen molar-refractivity contribution in [2.45, 2.75) is 13.5 Å². The molecule has 0 spiro atoms. The number of aromatic nitrogens is 2. The van der Waals surface area contributed by atoms with Crippen LogP contribution < -0.4 is 9.64 Å².